The first-order valence-electron chi connectivity index (χ1n) is 4.72. The average molecular weight is 196 g/mol. The second-order valence-electron chi connectivity index (χ2n) is 3.49. The Morgan fingerprint density at radius 3 is 2.57 bits per heavy atom. The Morgan fingerprint density at radius 1 is 1.29 bits per heavy atom. The van der Waals surface area contributed by atoms with E-state index in [1.807, 2.05) is 0 Å². The number of hydrogen-bond acceptors (Lipinski definition) is 4. The second-order valence-corrected chi connectivity index (χ2v) is 3.49. The van der Waals surface area contributed by atoms with Crippen LogP contribution in [0.5, 0.6) is 0 Å². The highest BCUT2D eigenvalue weighted by Gasteiger charge is 2.19. The third kappa shape index (κ3) is 1.76. The minimum atomic E-state index is -0.665. The number of aromatic nitrogens is 2. The van der Waals surface area contributed by atoms with Gasteiger partial charge in [-0.1, -0.05) is 0 Å². The largest absolute Gasteiger partial charge is 0.396 e. The van der Waals surface area contributed by atoms with Crippen LogP contribution in [-0.4, -0.2) is 29.5 Å². The fourth-order valence-corrected chi connectivity index (χ4v) is 1.68. The molecule has 1 aromatic heterocycles. The van der Waals surface area contributed by atoms with Gasteiger partial charge in [0.15, 0.2) is 0 Å². The fourth-order valence-electron chi connectivity index (χ4n) is 1.68. The maximum absolute atomic E-state index is 12.9. The molecule has 0 radical (unpaired) electrons. The minimum Gasteiger partial charge on any atom is -0.396 e. The summed E-state index contributed by atoms with van der Waals surface area (Å²) in [7, 11) is 0. The molecule has 1 aliphatic rings. The van der Waals surface area contributed by atoms with Gasteiger partial charge in [-0.15, -0.1) is 0 Å². The van der Waals surface area contributed by atoms with Crippen LogP contribution in [0.1, 0.15) is 12.8 Å². The van der Waals surface area contributed by atoms with E-state index in [0.717, 1.165) is 5.69 Å². The second kappa shape index (κ2) is 3.77. The summed E-state index contributed by atoms with van der Waals surface area (Å²) in [5.41, 5.74) is 7.22. The number of nitrogen functional groups attached to an aromatic ring is 1. The predicted molar refractivity (Wildman–Crippen MR) is 52.8 cm³/mol. The summed E-state index contributed by atoms with van der Waals surface area (Å²) < 4.78 is 12.9. The van der Waals surface area contributed by atoms with E-state index in [-0.39, 0.29) is 0 Å². The fraction of sp³-hybridized carbons (Fsp3) is 0.556. The van der Waals surface area contributed by atoms with Crippen LogP contribution in [-0.2, 0) is 0 Å². The molecule has 0 aliphatic carbocycles. The highest BCUT2D eigenvalue weighted by atomic mass is 19.1. The summed E-state index contributed by atoms with van der Waals surface area (Å²) in [6.45, 7) is 1.41. The number of rotatable bonds is 1. The van der Waals surface area contributed by atoms with Crippen molar-refractivity contribution in [3.63, 3.8) is 0 Å². The molecule has 76 valence electrons. The zero-order chi connectivity index (χ0) is 9.97. The molecule has 0 spiro atoms. The molecule has 14 heavy (non-hydrogen) atoms. The number of piperidine rings is 1. The molecule has 0 saturated carbocycles. The number of alkyl halides is 1. The van der Waals surface area contributed by atoms with Crippen molar-refractivity contribution in [2.45, 2.75) is 19.0 Å². The van der Waals surface area contributed by atoms with Gasteiger partial charge in [0.25, 0.3) is 0 Å². The molecule has 0 unspecified atom stereocenters. The zero-order valence-corrected chi connectivity index (χ0v) is 7.86. The van der Waals surface area contributed by atoms with E-state index >= 15 is 0 Å². The number of anilines is 2. The lowest BCUT2D eigenvalue weighted by molar-refractivity contribution is 0.277. The molecule has 2 rings (SSSR count). The van der Waals surface area contributed by atoms with Gasteiger partial charge in [0.1, 0.15) is 6.17 Å². The van der Waals surface area contributed by atoms with Crippen LogP contribution < -0.4 is 10.6 Å². The number of hydrogen-bond donors (Lipinski definition) is 1. The summed E-state index contributed by atoms with van der Waals surface area (Å²) in [5.74, 6) is 0. The van der Waals surface area contributed by atoms with E-state index in [1.165, 1.54) is 6.20 Å². The lowest BCUT2D eigenvalue weighted by Crippen LogP contribution is -2.34. The lowest BCUT2D eigenvalue weighted by atomic mass is 10.1. The maximum atomic E-state index is 12.9. The van der Waals surface area contributed by atoms with Gasteiger partial charge in [0.2, 0.25) is 0 Å². The Kier molecular flexibility index (Phi) is 2.47. The van der Waals surface area contributed by atoms with Crippen LogP contribution in [0.4, 0.5) is 15.8 Å². The Hall–Kier alpha value is -1.39. The van der Waals surface area contributed by atoms with Crippen LogP contribution >= 0.6 is 0 Å². The van der Waals surface area contributed by atoms with E-state index in [4.69, 9.17) is 5.73 Å². The topological polar surface area (TPSA) is 55.0 Å². The summed E-state index contributed by atoms with van der Waals surface area (Å²) in [6, 6.07) is 0. The lowest BCUT2D eigenvalue weighted by Gasteiger charge is -2.30. The van der Waals surface area contributed by atoms with E-state index in [1.54, 1.807) is 6.20 Å². The summed E-state index contributed by atoms with van der Waals surface area (Å²) in [4.78, 5) is 2.06. The van der Waals surface area contributed by atoms with Gasteiger partial charge in [0, 0.05) is 13.1 Å². The van der Waals surface area contributed by atoms with Crippen molar-refractivity contribution in [3.8, 4) is 0 Å². The van der Waals surface area contributed by atoms with Gasteiger partial charge in [-0.05, 0) is 12.8 Å². The first-order valence-corrected chi connectivity index (χ1v) is 4.72. The molecule has 0 bridgehead atoms. The van der Waals surface area contributed by atoms with Crippen LogP contribution in [0.25, 0.3) is 0 Å². The van der Waals surface area contributed by atoms with Crippen LogP contribution in [0, 0.1) is 0 Å². The maximum Gasteiger partial charge on any atom is 0.103 e. The van der Waals surface area contributed by atoms with Gasteiger partial charge < -0.3 is 10.6 Å². The normalized spacial score (nSPS) is 18.5. The summed E-state index contributed by atoms with van der Waals surface area (Å²) in [5, 5.41) is 7.45. The van der Waals surface area contributed by atoms with E-state index in [2.05, 4.69) is 15.1 Å². The Labute approximate surface area is 81.9 Å². The standard InChI is InChI=1S/C9H13FN4/c10-7-1-3-14(4-2-7)9-6-13-12-5-8(9)11/h5-7H,1-4H2,(H2,11,13). The van der Waals surface area contributed by atoms with Gasteiger partial charge in [0.05, 0.1) is 23.8 Å². The number of halogens is 1. The van der Waals surface area contributed by atoms with Crippen LogP contribution in [0.15, 0.2) is 12.4 Å². The number of nitrogens with zero attached hydrogens (tertiary/aromatic N) is 3. The van der Waals surface area contributed by atoms with Crippen molar-refractivity contribution in [3.05, 3.63) is 12.4 Å². The molecule has 4 nitrogen and oxygen atoms in total. The Balaban J connectivity index is 2.12. The third-order valence-electron chi connectivity index (χ3n) is 2.50. The molecule has 1 saturated heterocycles. The molecular formula is C9H13FN4. The van der Waals surface area contributed by atoms with Gasteiger partial charge in [-0.25, -0.2) is 4.39 Å². The number of nitrogens with two attached hydrogens (primary N) is 1. The highest BCUT2D eigenvalue weighted by molar-refractivity contribution is 5.64. The van der Waals surface area contributed by atoms with Crippen molar-refractivity contribution in [2.24, 2.45) is 0 Å². The van der Waals surface area contributed by atoms with Gasteiger partial charge in [-0.3, -0.25) is 0 Å². The van der Waals surface area contributed by atoms with Crippen molar-refractivity contribution in [1.82, 2.24) is 10.2 Å². The first-order chi connectivity index (χ1) is 6.77. The smallest absolute Gasteiger partial charge is 0.103 e. The summed E-state index contributed by atoms with van der Waals surface area (Å²) in [6.07, 6.45) is 3.64. The summed E-state index contributed by atoms with van der Waals surface area (Å²) >= 11 is 0. The Bertz CT molecular complexity index is 309. The van der Waals surface area contributed by atoms with E-state index in [0.29, 0.717) is 31.6 Å². The van der Waals surface area contributed by atoms with Crippen molar-refractivity contribution in [1.29, 1.82) is 0 Å². The average Bonchev–Trinajstić information content (AvgIpc) is 2.20. The molecule has 0 atom stereocenters. The van der Waals surface area contributed by atoms with Crippen LogP contribution in [0.2, 0.25) is 0 Å². The quantitative estimate of drug-likeness (QED) is 0.728. The molecule has 1 aromatic rings. The molecule has 0 amide bonds. The highest BCUT2D eigenvalue weighted by Crippen LogP contribution is 2.24. The molecule has 2 heterocycles. The van der Waals surface area contributed by atoms with Crippen molar-refractivity contribution in [2.75, 3.05) is 23.7 Å². The molecule has 0 aromatic carbocycles. The van der Waals surface area contributed by atoms with Crippen molar-refractivity contribution < 1.29 is 4.39 Å². The van der Waals surface area contributed by atoms with Crippen molar-refractivity contribution >= 4 is 11.4 Å². The molecule has 1 aliphatic heterocycles. The monoisotopic (exact) mass is 196 g/mol. The molecular weight excluding hydrogens is 183 g/mol. The van der Waals surface area contributed by atoms with E-state index in [9.17, 15) is 4.39 Å². The third-order valence-corrected chi connectivity index (χ3v) is 2.50. The molecule has 2 N–H and O–H groups in total. The Morgan fingerprint density at radius 2 is 1.93 bits per heavy atom. The first kappa shape index (κ1) is 9.18. The van der Waals surface area contributed by atoms with Gasteiger partial charge in [-0.2, -0.15) is 10.2 Å². The van der Waals surface area contributed by atoms with Gasteiger partial charge >= 0.3 is 0 Å². The minimum absolute atomic E-state index is 0.571. The molecule has 5 heteroatoms. The predicted octanol–water partition coefficient (Wildman–Crippen LogP) is 0.997. The zero-order valence-electron chi connectivity index (χ0n) is 7.86. The van der Waals surface area contributed by atoms with E-state index < -0.39 is 6.17 Å². The SMILES string of the molecule is Nc1cnncc1N1CCC(F)CC1. The molecule has 1 fully saturated rings. The van der Waals surface area contributed by atoms with Crippen LogP contribution in [0.3, 0.4) is 0 Å².